The summed E-state index contributed by atoms with van der Waals surface area (Å²) in [6, 6.07) is 9.10. The molecule has 4 heterocycles. The van der Waals surface area contributed by atoms with E-state index in [2.05, 4.69) is 42.6 Å². The number of ether oxygens (including phenoxy) is 1. The Morgan fingerprint density at radius 2 is 2.02 bits per heavy atom. The van der Waals surface area contributed by atoms with E-state index >= 15 is 0 Å². The molecule has 4 rings (SSSR count). The van der Waals surface area contributed by atoms with Gasteiger partial charge in [-0.3, -0.25) is 9.88 Å². The number of aliphatic carboxylic acids is 1. The third kappa shape index (κ3) is 9.28. The first-order valence-corrected chi connectivity index (χ1v) is 14.4. The van der Waals surface area contributed by atoms with E-state index in [0.717, 1.165) is 68.1 Å². The van der Waals surface area contributed by atoms with E-state index in [1.165, 1.54) is 11.9 Å². The Morgan fingerprint density at radius 3 is 2.83 bits per heavy atom. The van der Waals surface area contributed by atoms with Gasteiger partial charge in [0.15, 0.2) is 0 Å². The van der Waals surface area contributed by atoms with Crippen LogP contribution in [0.15, 0.2) is 42.9 Å². The molecule has 1 atom stereocenters. The molecule has 1 aliphatic heterocycles. The molecule has 0 spiro atoms. The number of hydrogen-bond acceptors (Lipinski definition) is 10. The molecule has 220 valence electrons. The topological polar surface area (TPSA) is 129 Å². The van der Waals surface area contributed by atoms with Gasteiger partial charge >= 0.3 is 5.97 Å². The smallest absolute Gasteiger partial charge is 0.326 e. The number of anilines is 3. The van der Waals surface area contributed by atoms with Gasteiger partial charge in [0.25, 0.3) is 0 Å². The number of aryl methyl sites for hydroxylation is 3. The van der Waals surface area contributed by atoms with Gasteiger partial charge in [-0.1, -0.05) is 6.07 Å². The first kappa shape index (κ1) is 30.0. The second-order valence-electron chi connectivity index (χ2n) is 10.6. The van der Waals surface area contributed by atoms with Crippen molar-refractivity contribution in [1.82, 2.24) is 24.8 Å². The summed E-state index contributed by atoms with van der Waals surface area (Å²) in [6.07, 6.45) is 8.74. The molecule has 0 aliphatic carbocycles. The Labute approximate surface area is 242 Å². The van der Waals surface area contributed by atoms with Crippen LogP contribution >= 0.6 is 0 Å². The zero-order valence-electron chi connectivity index (χ0n) is 24.3. The second kappa shape index (κ2) is 15.1. The molecule has 3 aromatic heterocycles. The van der Waals surface area contributed by atoms with E-state index in [1.54, 1.807) is 12.3 Å². The molecule has 11 heteroatoms. The summed E-state index contributed by atoms with van der Waals surface area (Å²) in [6.45, 7) is 5.53. The minimum atomic E-state index is -0.913. The molecule has 41 heavy (non-hydrogen) atoms. The van der Waals surface area contributed by atoms with Crippen LogP contribution < -0.4 is 20.3 Å². The van der Waals surface area contributed by atoms with Crippen molar-refractivity contribution in [3.05, 3.63) is 59.8 Å². The van der Waals surface area contributed by atoms with Gasteiger partial charge in [0.2, 0.25) is 0 Å². The molecule has 0 aromatic carbocycles. The van der Waals surface area contributed by atoms with Crippen LogP contribution in [0.2, 0.25) is 0 Å². The van der Waals surface area contributed by atoms with Crippen LogP contribution in [0.1, 0.15) is 42.6 Å². The predicted molar refractivity (Wildman–Crippen MR) is 161 cm³/mol. The van der Waals surface area contributed by atoms with E-state index in [-0.39, 0.29) is 0 Å². The van der Waals surface area contributed by atoms with Crippen LogP contribution in [0.3, 0.4) is 0 Å². The van der Waals surface area contributed by atoms with Crippen molar-refractivity contribution in [2.45, 2.75) is 51.5 Å². The van der Waals surface area contributed by atoms with Crippen LogP contribution in [-0.2, 0) is 17.6 Å². The molecule has 0 saturated carbocycles. The van der Waals surface area contributed by atoms with Gasteiger partial charge in [-0.25, -0.2) is 19.7 Å². The summed E-state index contributed by atoms with van der Waals surface area (Å²) in [5.41, 5.74) is 3.26. The van der Waals surface area contributed by atoms with Crippen molar-refractivity contribution < 1.29 is 14.6 Å². The number of carbonyl (C=O) groups is 1. The van der Waals surface area contributed by atoms with Gasteiger partial charge < -0.3 is 25.4 Å². The predicted octanol–water partition coefficient (Wildman–Crippen LogP) is 3.66. The SMILES string of the molecule is Cc1ncccc1OCCN(CCCCc1ccc2c(n1)NCCC2)CCC(Nc1cc(N(C)C)ncn1)C(=O)O. The summed E-state index contributed by atoms with van der Waals surface area (Å²) in [4.78, 5) is 33.8. The highest BCUT2D eigenvalue weighted by atomic mass is 16.5. The highest BCUT2D eigenvalue weighted by Crippen LogP contribution is 2.20. The number of pyridine rings is 2. The Kier molecular flexibility index (Phi) is 11.1. The zero-order valence-corrected chi connectivity index (χ0v) is 24.3. The molecule has 0 fully saturated rings. The molecule has 0 radical (unpaired) electrons. The van der Waals surface area contributed by atoms with Crippen LogP contribution in [0.4, 0.5) is 17.5 Å². The van der Waals surface area contributed by atoms with E-state index < -0.39 is 12.0 Å². The molecular formula is C30H42N8O3. The standard InChI is InChI=1S/C30H42N8O3/c1-22-26(10-7-14-31-22)41-19-18-38(16-5-4-9-24-12-11-23-8-6-15-32-29(23)35-24)17-13-25(30(39)40)36-27-20-28(37(2)3)34-21-33-27/h7,10-12,14,20-21,25H,4-6,8-9,13,15-19H2,1-3H3,(H,32,35)(H,39,40)(H,33,34,36). The van der Waals surface area contributed by atoms with Crippen molar-refractivity contribution in [2.75, 3.05) is 62.4 Å². The summed E-state index contributed by atoms with van der Waals surface area (Å²) >= 11 is 0. The average Bonchev–Trinajstić information content (AvgIpc) is 2.97. The lowest BCUT2D eigenvalue weighted by Crippen LogP contribution is -2.37. The Hall–Kier alpha value is -3.99. The summed E-state index contributed by atoms with van der Waals surface area (Å²) in [5, 5.41) is 16.4. The summed E-state index contributed by atoms with van der Waals surface area (Å²) in [7, 11) is 3.76. The molecule has 0 amide bonds. The van der Waals surface area contributed by atoms with Gasteiger partial charge in [0.1, 0.15) is 42.2 Å². The molecular weight excluding hydrogens is 520 g/mol. The zero-order chi connectivity index (χ0) is 29.0. The van der Waals surface area contributed by atoms with Crippen molar-refractivity contribution in [3.63, 3.8) is 0 Å². The maximum absolute atomic E-state index is 12.1. The number of fused-ring (bicyclic) bond motifs is 1. The number of hydrogen-bond donors (Lipinski definition) is 3. The lowest BCUT2D eigenvalue weighted by atomic mass is 10.1. The fourth-order valence-electron chi connectivity index (χ4n) is 4.81. The van der Waals surface area contributed by atoms with Crippen LogP contribution in [-0.4, -0.2) is 88.8 Å². The second-order valence-corrected chi connectivity index (χ2v) is 10.6. The minimum absolute atomic E-state index is 0.417. The minimum Gasteiger partial charge on any atom is -0.490 e. The van der Waals surface area contributed by atoms with Crippen molar-refractivity contribution in [2.24, 2.45) is 0 Å². The molecule has 3 aromatic rings. The molecule has 1 unspecified atom stereocenters. The van der Waals surface area contributed by atoms with Gasteiger partial charge in [0, 0.05) is 51.7 Å². The number of carboxylic acid groups (broad SMARTS) is 1. The van der Waals surface area contributed by atoms with Gasteiger partial charge in [-0.15, -0.1) is 0 Å². The van der Waals surface area contributed by atoms with Gasteiger partial charge in [-0.05, 0) is 75.8 Å². The molecule has 0 saturated heterocycles. The molecule has 11 nitrogen and oxygen atoms in total. The van der Waals surface area contributed by atoms with Crippen LogP contribution in [0, 0.1) is 6.92 Å². The highest BCUT2D eigenvalue weighted by molar-refractivity contribution is 5.77. The largest absolute Gasteiger partial charge is 0.490 e. The van der Waals surface area contributed by atoms with Crippen molar-refractivity contribution in [3.8, 4) is 5.75 Å². The van der Waals surface area contributed by atoms with Gasteiger partial charge in [-0.2, -0.15) is 0 Å². The number of nitrogens with one attached hydrogen (secondary N) is 2. The van der Waals surface area contributed by atoms with E-state index in [4.69, 9.17) is 9.72 Å². The number of unbranched alkanes of at least 4 members (excludes halogenated alkanes) is 1. The normalized spacial score (nSPS) is 13.3. The Balaban J connectivity index is 1.32. The third-order valence-electron chi connectivity index (χ3n) is 7.20. The van der Waals surface area contributed by atoms with Crippen molar-refractivity contribution >= 4 is 23.4 Å². The summed E-state index contributed by atoms with van der Waals surface area (Å²) < 4.78 is 6.01. The number of aromatic nitrogens is 4. The van der Waals surface area contributed by atoms with E-state index in [1.807, 2.05) is 38.1 Å². The molecule has 1 aliphatic rings. The van der Waals surface area contributed by atoms with E-state index in [0.29, 0.717) is 37.8 Å². The lowest BCUT2D eigenvalue weighted by molar-refractivity contribution is -0.138. The first-order valence-electron chi connectivity index (χ1n) is 14.4. The van der Waals surface area contributed by atoms with Crippen LogP contribution in [0.5, 0.6) is 5.75 Å². The fraction of sp³-hybridized carbons (Fsp3) is 0.500. The quantitative estimate of drug-likeness (QED) is 0.221. The maximum atomic E-state index is 12.1. The monoisotopic (exact) mass is 562 g/mol. The first-order chi connectivity index (χ1) is 19.9. The number of nitrogens with zero attached hydrogens (tertiary/aromatic N) is 6. The maximum Gasteiger partial charge on any atom is 0.326 e. The molecule has 0 bridgehead atoms. The fourth-order valence-corrected chi connectivity index (χ4v) is 4.81. The number of carboxylic acids is 1. The Bertz CT molecular complexity index is 1270. The average molecular weight is 563 g/mol. The summed E-state index contributed by atoms with van der Waals surface area (Å²) in [5.74, 6) is 2.09. The van der Waals surface area contributed by atoms with Crippen molar-refractivity contribution in [1.29, 1.82) is 0 Å². The van der Waals surface area contributed by atoms with Gasteiger partial charge in [0.05, 0.1) is 5.69 Å². The van der Waals surface area contributed by atoms with Crippen LogP contribution in [0.25, 0.3) is 0 Å². The third-order valence-corrected chi connectivity index (χ3v) is 7.20. The van der Waals surface area contributed by atoms with E-state index in [9.17, 15) is 9.90 Å². The lowest BCUT2D eigenvalue weighted by Gasteiger charge is -2.25. The highest BCUT2D eigenvalue weighted by Gasteiger charge is 2.20. The molecule has 3 N–H and O–H groups in total. The number of rotatable bonds is 16. The Morgan fingerprint density at radius 1 is 1.15 bits per heavy atom.